The number of nitrogens with one attached hydrogen (secondary N) is 1. The second kappa shape index (κ2) is 5.88. The molecule has 0 saturated heterocycles. The lowest BCUT2D eigenvalue weighted by Gasteiger charge is -2.20. The summed E-state index contributed by atoms with van der Waals surface area (Å²) in [6, 6.07) is 3.94. The Bertz CT molecular complexity index is 497. The number of nitrogens with zero attached hydrogens (tertiary/aromatic N) is 1. The van der Waals surface area contributed by atoms with Gasteiger partial charge in [-0.25, -0.2) is 0 Å². The van der Waals surface area contributed by atoms with Crippen molar-refractivity contribution in [3.63, 3.8) is 0 Å². The molecule has 0 aliphatic carbocycles. The van der Waals surface area contributed by atoms with Crippen LogP contribution in [-0.2, 0) is 4.79 Å². The van der Waals surface area contributed by atoms with E-state index in [1.165, 1.54) is 18.2 Å². The summed E-state index contributed by atoms with van der Waals surface area (Å²) in [6.45, 7) is 5.17. The van der Waals surface area contributed by atoms with Gasteiger partial charge in [0, 0.05) is 22.7 Å². The summed E-state index contributed by atoms with van der Waals surface area (Å²) in [5.41, 5.74) is -0.617. The zero-order valence-corrected chi connectivity index (χ0v) is 11.7. The van der Waals surface area contributed by atoms with Crippen LogP contribution in [0.1, 0.15) is 20.8 Å². The number of halogens is 1. The van der Waals surface area contributed by atoms with Crippen LogP contribution in [0.5, 0.6) is 5.75 Å². The third kappa shape index (κ3) is 5.13. The first kappa shape index (κ1) is 15.2. The molecule has 1 N–H and O–H groups in total. The molecule has 0 bridgehead atoms. The molecule has 0 heterocycles. The fraction of sp³-hybridized carbons (Fsp3) is 0.417. The lowest BCUT2D eigenvalue weighted by atomic mass is 10.1. The summed E-state index contributed by atoms with van der Waals surface area (Å²) in [6.07, 6.45) is 0. The minimum Gasteiger partial charge on any atom is -0.477 e. The van der Waals surface area contributed by atoms with Gasteiger partial charge < -0.3 is 10.1 Å². The third-order valence-electron chi connectivity index (χ3n) is 1.99. The maximum absolute atomic E-state index is 11.6. The van der Waals surface area contributed by atoms with E-state index in [2.05, 4.69) is 5.32 Å². The molecule has 1 rings (SSSR count). The van der Waals surface area contributed by atoms with Crippen molar-refractivity contribution < 1.29 is 14.5 Å². The molecular weight excluding hydrogens is 272 g/mol. The first-order chi connectivity index (χ1) is 8.69. The Hall–Kier alpha value is -1.82. The van der Waals surface area contributed by atoms with Crippen LogP contribution in [0.4, 0.5) is 5.69 Å². The van der Waals surface area contributed by atoms with E-state index in [0.717, 1.165) is 0 Å². The van der Waals surface area contributed by atoms with Crippen molar-refractivity contribution >= 4 is 23.2 Å². The van der Waals surface area contributed by atoms with E-state index in [-0.39, 0.29) is 29.5 Å². The topological polar surface area (TPSA) is 81.5 Å². The fourth-order valence-corrected chi connectivity index (χ4v) is 1.51. The highest BCUT2D eigenvalue weighted by Crippen LogP contribution is 2.29. The van der Waals surface area contributed by atoms with Gasteiger partial charge in [-0.15, -0.1) is 0 Å². The van der Waals surface area contributed by atoms with E-state index in [4.69, 9.17) is 16.3 Å². The van der Waals surface area contributed by atoms with Crippen molar-refractivity contribution in [2.45, 2.75) is 26.3 Å². The molecule has 0 unspecified atom stereocenters. The van der Waals surface area contributed by atoms with Gasteiger partial charge in [0.05, 0.1) is 4.92 Å². The minimum atomic E-state index is -0.590. The molecule has 0 aliphatic rings. The van der Waals surface area contributed by atoms with Crippen LogP contribution in [0.2, 0.25) is 5.02 Å². The van der Waals surface area contributed by atoms with Gasteiger partial charge in [0.1, 0.15) is 0 Å². The average molecular weight is 287 g/mol. The highest BCUT2D eigenvalue weighted by atomic mass is 35.5. The summed E-state index contributed by atoms with van der Waals surface area (Å²) in [4.78, 5) is 21.8. The van der Waals surface area contributed by atoms with Crippen LogP contribution in [0.25, 0.3) is 0 Å². The quantitative estimate of drug-likeness (QED) is 0.681. The number of nitro groups is 1. The SMILES string of the molecule is CC(C)(C)NC(=O)COc1cc(Cl)ccc1[N+](=O)[O-]. The predicted octanol–water partition coefficient (Wildman–Crippen LogP) is 2.54. The number of hydrogen-bond acceptors (Lipinski definition) is 4. The number of amides is 1. The Morgan fingerprint density at radius 1 is 1.47 bits per heavy atom. The Balaban J connectivity index is 2.75. The van der Waals surface area contributed by atoms with Gasteiger partial charge >= 0.3 is 5.69 Å². The number of hydrogen-bond donors (Lipinski definition) is 1. The zero-order valence-electron chi connectivity index (χ0n) is 10.9. The minimum absolute atomic E-state index is 0.0263. The van der Waals surface area contributed by atoms with E-state index < -0.39 is 4.92 Å². The normalized spacial score (nSPS) is 10.9. The summed E-state index contributed by atoms with van der Waals surface area (Å²) in [7, 11) is 0. The molecule has 6 nitrogen and oxygen atoms in total. The molecule has 7 heteroatoms. The van der Waals surface area contributed by atoms with Crippen molar-refractivity contribution in [3.8, 4) is 5.75 Å². The lowest BCUT2D eigenvalue weighted by molar-refractivity contribution is -0.385. The van der Waals surface area contributed by atoms with Crippen molar-refractivity contribution in [2.24, 2.45) is 0 Å². The average Bonchev–Trinajstić information content (AvgIpc) is 2.23. The van der Waals surface area contributed by atoms with Crippen molar-refractivity contribution in [2.75, 3.05) is 6.61 Å². The Kier molecular flexibility index (Phi) is 4.72. The summed E-state index contributed by atoms with van der Waals surface area (Å²) >= 11 is 5.74. The standard InChI is InChI=1S/C12H15ClN2O4/c1-12(2,3)14-11(16)7-19-10-6-8(13)4-5-9(10)15(17)18/h4-6H,7H2,1-3H3,(H,14,16). The third-order valence-corrected chi connectivity index (χ3v) is 2.23. The van der Waals surface area contributed by atoms with Gasteiger partial charge in [-0.3, -0.25) is 14.9 Å². The highest BCUT2D eigenvalue weighted by Gasteiger charge is 2.18. The molecule has 1 amide bonds. The molecule has 0 radical (unpaired) electrons. The van der Waals surface area contributed by atoms with Crippen molar-refractivity contribution in [1.82, 2.24) is 5.32 Å². The molecule has 0 spiro atoms. The number of ether oxygens (including phenoxy) is 1. The smallest absolute Gasteiger partial charge is 0.311 e. The predicted molar refractivity (Wildman–Crippen MR) is 71.5 cm³/mol. The second-order valence-electron chi connectivity index (χ2n) is 4.96. The van der Waals surface area contributed by atoms with Crippen LogP contribution in [0.3, 0.4) is 0 Å². The number of benzene rings is 1. The van der Waals surface area contributed by atoms with Gasteiger partial charge in [0.2, 0.25) is 0 Å². The summed E-state index contributed by atoms with van der Waals surface area (Å²) in [5, 5.41) is 13.8. The number of carbonyl (C=O) groups excluding carboxylic acids is 1. The van der Waals surface area contributed by atoms with Gasteiger partial charge in [-0.1, -0.05) is 11.6 Å². The van der Waals surface area contributed by atoms with E-state index in [0.29, 0.717) is 5.02 Å². The van der Waals surface area contributed by atoms with Crippen molar-refractivity contribution in [3.05, 3.63) is 33.3 Å². The maximum atomic E-state index is 11.6. The first-order valence-corrected chi connectivity index (χ1v) is 5.94. The van der Waals surface area contributed by atoms with Gasteiger partial charge in [0.25, 0.3) is 5.91 Å². The molecule has 19 heavy (non-hydrogen) atoms. The molecule has 0 saturated carbocycles. The van der Waals surface area contributed by atoms with Gasteiger partial charge in [-0.05, 0) is 26.8 Å². The van der Waals surface area contributed by atoms with Gasteiger partial charge in [-0.2, -0.15) is 0 Å². The lowest BCUT2D eigenvalue weighted by Crippen LogP contribution is -2.43. The molecule has 0 atom stereocenters. The highest BCUT2D eigenvalue weighted by molar-refractivity contribution is 6.30. The largest absolute Gasteiger partial charge is 0.477 e. The second-order valence-corrected chi connectivity index (χ2v) is 5.39. The molecule has 0 aromatic heterocycles. The number of rotatable bonds is 4. The first-order valence-electron chi connectivity index (χ1n) is 5.57. The Morgan fingerprint density at radius 3 is 2.63 bits per heavy atom. The molecule has 104 valence electrons. The molecule has 1 aromatic carbocycles. The van der Waals surface area contributed by atoms with Crippen LogP contribution in [-0.4, -0.2) is 23.0 Å². The van der Waals surface area contributed by atoms with E-state index in [9.17, 15) is 14.9 Å². The molecule has 1 aromatic rings. The monoisotopic (exact) mass is 286 g/mol. The molecular formula is C12H15ClN2O4. The Morgan fingerprint density at radius 2 is 2.11 bits per heavy atom. The summed E-state index contributed by atoms with van der Waals surface area (Å²) < 4.78 is 5.15. The van der Waals surface area contributed by atoms with Crippen LogP contribution < -0.4 is 10.1 Å². The van der Waals surface area contributed by atoms with E-state index >= 15 is 0 Å². The Labute approximate surface area is 115 Å². The molecule has 0 fully saturated rings. The van der Waals surface area contributed by atoms with Crippen LogP contribution in [0.15, 0.2) is 18.2 Å². The number of nitro benzene ring substituents is 1. The van der Waals surface area contributed by atoms with Gasteiger partial charge in [0.15, 0.2) is 12.4 Å². The maximum Gasteiger partial charge on any atom is 0.311 e. The van der Waals surface area contributed by atoms with Crippen LogP contribution in [0, 0.1) is 10.1 Å². The van der Waals surface area contributed by atoms with Crippen LogP contribution >= 0.6 is 11.6 Å². The van der Waals surface area contributed by atoms with E-state index in [1.54, 1.807) is 0 Å². The zero-order chi connectivity index (χ0) is 14.6. The summed E-state index contributed by atoms with van der Waals surface area (Å²) in [5.74, 6) is -0.386. The number of carbonyl (C=O) groups is 1. The van der Waals surface area contributed by atoms with E-state index in [1.807, 2.05) is 20.8 Å². The fourth-order valence-electron chi connectivity index (χ4n) is 1.35. The molecule has 0 aliphatic heterocycles. The van der Waals surface area contributed by atoms with Crippen molar-refractivity contribution in [1.29, 1.82) is 0 Å².